The van der Waals surface area contributed by atoms with Gasteiger partial charge in [-0.25, -0.2) is 17.5 Å². The molecule has 0 amide bonds. The molecule has 0 spiro atoms. The van der Waals surface area contributed by atoms with E-state index in [0.717, 1.165) is 47.8 Å². The number of fused-ring (bicyclic) bond motifs is 2. The molecule has 1 atom stereocenters. The highest BCUT2D eigenvalue weighted by Crippen LogP contribution is 2.38. The Morgan fingerprint density at radius 2 is 1.85 bits per heavy atom. The van der Waals surface area contributed by atoms with E-state index in [4.69, 9.17) is 0 Å². The van der Waals surface area contributed by atoms with Crippen LogP contribution in [-0.2, 0) is 29.4 Å². The Bertz CT molecular complexity index is 1350. The summed E-state index contributed by atoms with van der Waals surface area (Å²) in [6.07, 6.45) is 7.80. The highest BCUT2D eigenvalue weighted by atomic mass is 32.2. The van der Waals surface area contributed by atoms with E-state index in [-0.39, 0.29) is 16.5 Å². The Morgan fingerprint density at radius 3 is 2.56 bits per heavy atom. The number of nitrogens with zero attached hydrogens (tertiary/aromatic N) is 1. The fraction of sp³-hybridized carbons (Fsp3) is 0.500. The molecule has 1 aromatic heterocycles. The van der Waals surface area contributed by atoms with Gasteiger partial charge in [-0.15, -0.1) is 0 Å². The SMILES string of the molecule is C[C@@H](NS(=O)(=O)C1CC1)c1cn(CC(C)(C)C)c2cc(-c3cccc4c3CCCC4)c(F)cc12. The maximum atomic E-state index is 15.7. The predicted octanol–water partition coefficient (Wildman–Crippen LogP) is 6.52. The van der Waals surface area contributed by atoms with E-state index in [1.165, 1.54) is 17.5 Å². The summed E-state index contributed by atoms with van der Waals surface area (Å²) in [5.41, 5.74) is 6.02. The van der Waals surface area contributed by atoms with E-state index in [0.29, 0.717) is 18.4 Å². The third-order valence-corrected chi connectivity index (χ3v) is 9.13. The molecule has 0 saturated heterocycles. The first-order valence-corrected chi connectivity index (χ1v) is 14.0. The Labute approximate surface area is 202 Å². The van der Waals surface area contributed by atoms with Crippen LogP contribution in [0.25, 0.3) is 22.0 Å². The van der Waals surface area contributed by atoms with Crippen molar-refractivity contribution in [2.45, 2.75) is 84.1 Å². The minimum absolute atomic E-state index is 0.0143. The summed E-state index contributed by atoms with van der Waals surface area (Å²) >= 11 is 0. The van der Waals surface area contributed by atoms with Gasteiger partial charge in [0.25, 0.3) is 0 Å². The van der Waals surface area contributed by atoms with Crippen molar-refractivity contribution < 1.29 is 12.8 Å². The van der Waals surface area contributed by atoms with E-state index >= 15 is 4.39 Å². The van der Waals surface area contributed by atoms with Crippen LogP contribution in [0.2, 0.25) is 0 Å². The number of hydrogen-bond acceptors (Lipinski definition) is 2. The van der Waals surface area contributed by atoms with Crippen molar-refractivity contribution in [3.05, 3.63) is 59.0 Å². The van der Waals surface area contributed by atoms with Gasteiger partial charge in [-0.2, -0.15) is 0 Å². The van der Waals surface area contributed by atoms with Gasteiger partial charge in [0.2, 0.25) is 10.0 Å². The Hall–Kier alpha value is -2.18. The summed E-state index contributed by atoms with van der Waals surface area (Å²) in [5, 5.41) is 0.492. The third kappa shape index (κ3) is 4.55. The van der Waals surface area contributed by atoms with Crippen LogP contribution in [-0.4, -0.2) is 18.2 Å². The molecule has 1 fully saturated rings. The van der Waals surface area contributed by atoms with Gasteiger partial charge in [-0.05, 0) is 85.3 Å². The standard InChI is InChI=1S/C28H35FN2O2S/c1-18(30-34(32,33)20-12-13-20)25-16-31(17-28(2,3)4)27-15-23(26(29)14-24(25)27)22-11-7-9-19-8-5-6-10-21(19)22/h7,9,11,14-16,18,20,30H,5-6,8,10,12-13,17H2,1-4H3/t18-/m1/s1. The molecule has 34 heavy (non-hydrogen) atoms. The largest absolute Gasteiger partial charge is 0.347 e. The lowest BCUT2D eigenvalue weighted by Crippen LogP contribution is -2.29. The monoisotopic (exact) mass is 482 g/mol. The second kappa shape index (κ2) is 8.49. The number of hydrogen-bond donors (Lipinski definition) is 1. The molecule has 1 saturated carbocycles. The molecule has 2 aliphatic rings. The molecule has 1 heterocycles. The van der Waals surface area contributed by atoms with Crippen LogP contribution in [0, 0.1) is 11.2 Å². The van der Waals surface area contributed by atoms with E-state index in [1.54, 1.807) is 6.07 Å². The molecule has 5 rings (SSSR count). The van der Waals surface area contributed by atoms with Crippen molar-refractivity contribution in [2.24, 2.45) is 5.41 Å². The van der Waals surface area contributed by atoms with Gasteiger partial charge in [0.05, 0.1) is 5.25 Å². The molecule has 2 aromatic carbocycles. The molecule has 0 unspecified atom stereocenters. The molecule has 2 aliphatic carbocycles. The summed E-state index contributed by atoms with van der Waals surface area (Å²) in [7, 11) is -3.35. The van der Waals surface area contributed by atoms with Crippen molar-refractivity contribution in [2.75, 3.05) is 0 Å². The Morgan fingerprint density at radius 1 is 1.12 bits per heavy atom. The average molecular weight is 483 g/mol. The second-order valence-corrected chi connectivity index (χ2v) is 13.3. The first kappa shape index (κ1) is 23.6. The van der Waals surface area contributed by atoms with Gasteiger partial charge in [-0.1, -0.05) is 39.0 Å². The highest BCUT2D eigenvalue weighted by Gasteiger charge is 2.37. The van der Waals surface area contributed by atoms with Crippen LogP contribution < -0.4 is 4.72 Å². The fourth-order valence-electron chi connectivity index (χ4n) is 5.35. The molecule has 0 radical (unpaired) electrons. The van der Waals surface area contributed by atoms with E-state index in [9.17, 15) is 8.42 Å². The second-order valence-electron chi connectivity index (χ2n) is 11.4. The van der Waals surface area contributed by atoms with Crippen LogP contribution >= 0.6 is 0 Å². The molecule has 1 N–H and O–H groups in total. The number of benzene rings is 2. The smallest absolute Gasteiger partial charge is 0.215 e. The summed E-state index contributed by atoms with van der Waals surface area (Å²) < 4.78 is 45.9. The third-order valence-electron chi connectivity index (χ3n) is 7.10. The zero-order valence-electron chi connectivity index (χ0n) is 20.6. The van der Waals surface area contributed by atoms with E-state index < -0.39 is 16.1 Å². The van der Waals surface area contributed by atoms with Crippen LogP contribution in [0.5, 0.6) is 0 Å². The summed E-state index contributed by atoms with van der Waals surface area (Å²) in [5.74, 6) is -0.251. The van der Waals surface area contributed by atoms with Crippen molar-refractivity contribution in [3.63, 3.8) is 0 Å². The minimum atomic E-state index is -3.35. The summed E-state index contributed by atoms with van der Waals surface area (Å²) in [4.78, 5) is 0. The van der Waals surface area contributed by atoms with Crippen molar-refractivity contribution in [1.29, 1.82) is 0 Å². The molecule has 0 aliphatic heterocycles. The number of halogens is 1. The topological polar surface area (TPSA) is 51.1 Å². The van der Waals surface area contributed by atoms with Crippen LogP contribution in [0.1, 0.15) is 76.1 Å². The van der Waals surface area contributed by atoms with Crippen LogP contribution in [0.15, 0.2) is 36.5 Å². The van der Waals surface area contributed by atoms with Crippen LogP contribution in [0.4, 0.5) is 4.39 Å². The van der Waals surface area contributed by atoms with Gasteiger partial charge in [0, 0.05) is 35.2 Å². The molecule has 0 bridgehead atoms. The molecular formula is C28H35FN2O2S. The number of aromatic nitrogens is 1. The van der Waals surface area contributed by atoms with E-state index in [1.807, 2.05) is 31.3 Å². The first-order chi connectivity index (χ1) is 16.0. The summed E-state index contributed by atoms with van der Waals surface area (Å²) in [6.45, 7) is 9.14. The molecule has 4 nitrogen and oxygen atoms in total. The summed E-state index contributed by atoms with van der Waals surface area (Å²) in [6, 6.07) is 9.41. The van der Waals surface area contributed by atoms with Gasteiger partial charge in [0.1, 0.15) is 5.82 Å². The molecule has 6 heteroatoms. The lowest BCUT2D eigenvalue weighted by molar-refractivity contribution is 0.349. The van der Waals surface area contributed by atoms with Gasteiger partial charge < -0.3 is 4.57 Å². The molecule has 182 valence electrons. The zero-order valence-corrected chi connectivity index (χ0v) is 21.4. The Balaban J connectivity index is 1.64. The maximum Gasteiger partial charge on any atom is 0.215 e. The first-order valence-electron chi connectivity index (χ1n) is 12.5. The fourth-order valence-corrected chi connectivity index (χ4v) is 6.92. The predicted molar refractivity (Wildman–Crippen MR) is 137 cm³/mol. The van der Waals surface area contributed by atoms with Gasteiger partial charge in [-0.3, -0.25) is 0 Å². The average Bonchev–Trinajstić information content (AvgIpc) is 3.57. The number of sulfonamides is 1. The van der Waals surface area contributed by atoms with Crippen molar-refractivity contribution in [1.82, 2.24) is 9.29 Å². The van der Waals surface area contributed by atoms with Crippen molar-refractivity contribution >= 4 is 20.9 Å². The number of aryl methyl sites for hydroxylation is 1. The van der Waals surface area contributed by atoms with E-state index in [2.05, 4.69) is 36.1 Å². The lowest BCUT2D eigenvalue weighted by atomic mass is 9.85. The quantitative estimate of drug-likeness (QED) is 0.435. The Kier molecular flexibility index (Phi) is 5.88. The normalized spacial score (nSPS) is 17.7. The molecular weight excluding hydrogens is 447 g/mol. The minimum Gasteiger partial charge on any atom is -0.347 e. The zero-order chi connectivity index (χ0) is 24.3. The number of nitrogens with one attached hydrogen (secondary N) is 1. The number of rotatable bonds is 6. The highest BCUT2D eigenvalue weighted by molar-refractivity contribution is 7.90. The van der Waals surface area contributed by atoms with Gasteiger partial charge in [0.15, 0.2) is 0 Å². The van der Waals surface area contributed by atoms with Crippen LogP contribution in [0.3, 0.4) is 0 Å². The van der Waals surface area contributed by atoms with Crippen molar-refractivity contribution in [3.8, 4) is 11.1 Å². The lowest BCUT2D eigenvalue weighted by Gasteiger charge is -2.21. The van der Waals surface area contributed by atoms with Gasteiger partial charge >= 0.3 is 0 Å². The maximum absolute atomic E-state index is 15.7. The molecule has 3 aromatic rings.